The first-order valence-electron chi connectivity index (χ1n) is 6.17. The van der Waals surface area contributed by atoms with Crippen LogP contribution in [-0.4, -0.2) is 18.6 Å². The molecule has 0 bridgehead atoms. The Labute approximate surface area is 113 Å². The summed E-state index contributed by atoms with van der Waals surface area (Å²) in [6.45, 7) is 2.36. The molecular formula is C15H18N2O2. The molecule has 2 N–H and O–H groups in total. The standard InChI is InChI=1S/C15H18N2O2/c1-11-6-7-13(14(9-11)18-2)19-15(10-16)12-5-3-4-8-17-12/h3-9,15H,10,16H2,1-2H3. The minimum absolute atomic E-state index is 0.280. The molecule has 0 spiro atoms. The van der Waals surface area contributed by atoms with E-state index in [0.29, 0.717) is 18.0 Å². The minimum Gasteiger partial charge on any atom is -0.493 e. The van der Waals surface area contributed by atoms with Crippen molar-refractivity contribution in [3.05, 3.63) is 53.9 Å². The second-order valence-electron chi connectivity index (χ2n) is 4.25. The van der Waals surface area contributed by atoms with E-state index in [4.69, 9.17) is 15.2 Å². The largest absolute Gasteiger partial charge is 0.493 e. The van der Waals surface area contributed by atoms with Crippen LogP contribution >= 0.6 is 0 Å². The van der Waals surface area contributed by atoms with Crippen molar-refractivity contribution >= 4 is 0 Å². The van der Waals surface area contributed by atoms with Crippen LogP contribution in [0.15, 0.2) is 42.6 Å². The zero-order chi connectivity index (χ0) is 13.7. The predicted octanol–water partition coefficient (Wildman–Crippen LogP) is 2.48. The molecule has 0 aliphatic rings. The second-order valence-corrected chi connectivity index (χ2v) is 4.25. The minimum atomic E-state index is -0.280. The molecule has 1 aromatic carbocycles. The molecule has 4 heteroatoms. The van der Waals surface area contributed by atoms with E-state index in [2.05, 4.69) is 4.98 Å². The summed E-state index contributed by atoms with van der Waals surface area (Å²) < 4.78 is 11.2. The van der Waals surface area contributed by atoms with Gasteiger partial charge in [-0.25, -0.2) is 0 Å². The molecule has 0 amide bonds. The van der Waals surface area contributed by atoms with Gasteiger partial charge in [0, 0.05) is 12.7 Å². The van der Waals surface area contributed by atoms with Gasteiger partial charge < -0.3 is 15.2 Å². The molecule has 2 rings (SSSR count). The Kier molecular flexibility index (Phi) is 4.36. The molecule has 0 aliphatic heterocycles. The first-order chi connectivity index (χ1) is 9.24. The Morgan fingerprint density at radius 3 is 2.68 bits per heavy atom. The molecule has 0 fully saturated rings. The summed E-state index contributed by atoms with van der Waals surface area (Å²) >= 11 is 0. The highest BCUT2D eigenvalue weighted by Crippen LogP contribution is 2.31. The summed E-state index contributed by atoms with van der Waals surface area (Å²) in [6.07, 6.45) is 1.45. The van der Waals surface area contributed by atoms with Gasteiger partial charge in [-0.1, -0.05) is 12.1 Å². The van der Waals surface area contributed by atoms with Gasteiger partial charge in [-0.15, -0.1) is 0 Å². The Hall–Kier alpha value is -2.07. The Bertz CT molecular complexity index is 529. The van der Waals surface area contributed by atoms with Crippen LogP contribution in [0.25, 0.3) is 0 Å². The van der Waals surface area contributed by atoms with Crippen molar-refractivity contribution < 1.29 is 9.47 Å². The van der Waals surface area contributed by atoms with E-state index in [9.17, 15) is 0 Å². The lowest BCUT2D eigenvalue weighted by Crippen LogP contribution is -2.19. The third-order valence-corrected chi connectivity index (χ3v) is 2.82. The average Bonchev–Trinajstić information content (AvgIpc) is 2.46. The van der Waals surface area contributed by atoms with Gasteiger partial charge in [-0.2, -0.15) is 0 Å². The van der Waals surface area contributed by atoms with Gasteiger partial charge >= 0.3 is 0 Å². The van der Waals surface area contributed by atoms with Crippen molar-refractivity contribution in [1.29, 1.82) is 0 Å². The molecule has 0 radical (unpaired) electrons. The van der Waals surface area contributed by atoms with Crippen LogP contribution in [-0.2, 0) is 0 Å². The maximum atomic E-state index is 5.91. The summed E-state index contributed by atoms with van der Waals surface area (Å²) in [5.74, 6) is 1.38. The van der Waals surface area contributed by atoms with Crippen LogP contribution in [0.3, 0.4) is 0 Å². The smallest absolute Gasteiger partial charge is 0.162 e. The fraction of sp³-hybridized carbons (Fsp3) is 0.267. The number of benzene rings is 1. The Morgan fingerprint density at radius 2 is 2.05 bits per heavy atom. The van der Waals surface area contributed by atoms with Crippen molar-refractivity contribution in [2.24, 2.45) is 5.73 Å². The van der Waals surface area contributed by atoms with Gasteiger partial charge in [0.05, 0.1) is 12.8 Å². The molecule has 1 heterocycles. The Balaban J connectivity index is 2.24. The fourth-order valence-corrected chi connectivity index (χ4v) is 1.82. The number of aromatic nitrogens is 1. The van der Waals surface area contributed by atoms with E-state index in [1.54, 1.807) is 13.3 Å². The van der Waals surface area contributed by atoms with Crippen molar-refractivity contribution in [2.45, 2.75) is 13.0 Å². The monoisotopic (exact) mass is 258 g/mol. The third kappa shape index (κ3) is 3.23. The van der Waals surface area contributed by atoms with E-state index in [1.807, 2.05) is 43.3 Å². The van der Waals surface area contributed by atoms with E-state index in [1.165, 1.54) is 0 Å². The van der Waals surface area contributed by atoms with Crippen LogP contribution < -0.4 is 15.2 Å². The first kappa shape index (κ1) is 13.4. The molecule has 100 valence electrons. The lowest BCUT2D eigenvalue weighted by molar-refractivity contribution is 0.200. The first-order valence-corrected chi connectivity index (χ1v) is 6.17. The van der Waals surface area contributed by atoms with Crippen LogP contribution in [0.2, 0.25) is 0 Å². The van der Waals surface area contributed by atoms with Gasteiger partial charge in [-0.3, -0.25) is 4.98 Å². The molecule has 0 aliphatic carbocycles. The number of ether oxygens (including phenoxy) is 2. The van der Waals surface area contributed by atoms with E-state index in [0.717, 1.165) is 11.3 Å². The van der Waals surface area contributed by atoms with E-state index < -0.39 is 0 Å². The van der Waals surface area contributed by atoms with E-state index in [-0.39, 0.29) is 6.10 Å². The summed E-state index contributed by atoms with van der Waals surface area (Å²) in [5, 5.41) is 0. The van der Waals surface area contributed by atoms with Crippen molar-refractivity contribution in [3.8, 4) is 11.5 Å². The number of aryl methyl sites for hydroxylation is 1. The van der Waals surface area contributed by atoms with Gasteiger partial charge in [-0.05, 0) is 36.8 Å². The van der Waals surface area contributed by atoms with Crippen LogP contribution in [0.4, 0.5) is 0 Å². The number of nitrogens with zero attached hydrogens (tertiary/aromatic N) is 1. The maximum absolute atomic E-state index is 5.91. The predicted molar refractivity (Wildman–Crippen MR) is 74.4 cm³/mol. The quantitative estimate of drug-likeness (QED) is 0.895. The highest BCUT2D eigenvalue weighted by atomic mass is 16.5. The van der Waals surface area contributed by atoms with Gasteiger partial charge in [0.25, 0.3) is 0 Å². The highest BCUT2D eigenvalue weighted by molar-refractivity contribution is 5.42. The molecule has 0 saturated carbocycles. The molecule has 4 nitrogen and oxygen atoms in total. The molecule has 0 saturated heterocycles. The average molecular weight is 258 g/mol. The summed E-state index contributed by atoms with van der Waals surface area (Å²) in [7, 11) is 1.62. The molecule has 19 heavy (non-hydrogen) atoms. The number of hydrogen-bond acceptors (Lipinski definition) is 4. The molecule has 2 aromatic rings. The molecule has 1 unspecified atom stereocenters. The van der Waals surface area contributed by atoms with Crippen LogP contribution in [0.5, 0.6) is 11.5 Å². The van der Waals surface area contributed by atoms with Crippen molar-refractivity contribution in [2.75, 3.05) is 13.7 Å². The van der Waals surface area contributed by atoms with Crippen LogP contribution in [0.1, 0.15) is 17.4 Å². The number of nitrogens with two attached hydrogens (primary N) is 1. The number of methoxy groups -OCH3 is 1. The molecule has 1 aromatic heterocycles. The number of pyridine rings is 1. The Morgan fingerprint density at radius 1 is 1.21 bits per heavy atom. The molecule has 1 atom stereocenters. The lowest BCUT2D eigenvalue weighted by atomic mass is 10.2. The van der Waals surface area contributed by atoms with Gasteiger partial charge in [0.15, 0.2) is 17.6 Å². The number of rotatable bonds is 5. The van der Waals surface area contributed by atoms with Crippen LogP contribution in [0, 0.1) is 6.92 Å². The summed E-state index contributed by atoms with van der Waals surface area (Å²) in [6, 6.07) is 11.5. The molecular weight excluding hydrogens is 240 g/mol. The van der Waals surface area contributed by atoms with E-state index >= 15 is 0 Å². The van der Waals surface area contributed by atoms with Crippen molar-refractivity contribution in [1.82, 2.24) is 4.98 Å². The van der Waals surface area contributed by atoms with Gasteiger partial charge in [0.1, 0.15) is 0 Å². The summed E-state index contributed by atoms with van der Waals surface area (Å²) in [4.78, 5) is 4.27. The third-order valence-electron chi connectivity index (χ3n) is 2.82. The zero-order valence-electron chi connectivity index (χ0n) is 11.2. The topological polar surface area (TPSA) is 57.4 Å². The normalized spacial score (nSPS) is 11.9. The number of hydrogen-bond donors (Lipinski definition) is 1. The highest BCUT2D eigenvalue weighted by Gasteiger charge is 2.15. The van der Waals surface area contributed by atoms with Crippen molar-refractivity contribution in [3.63, 3.8) is 0 Å². The zero-order valence-corrected chi connectivity index (χ0v) is 11.2. The maximum Gasteiger partial charge on any atom is 0.162 e. The SMILES string of the molecule is COc1cc(C)ccc1OC(CN)c1ccccn1. The lowest BCUT2D eigenvalue weighted by Gasteiger charge is -2.18. The fourth-order valence-electron chi connectivity index (χ4n) is 1.82. The second kappa shape index (κ2) is 6.20. The van der Waals surface area contributed by atoms with Gasteiger partial charge in [0.2, 0.25) is 0 Å². The summed E-state index contributed by atoms with van der Waals surface area (Å²) in [5.41, 5.74) is 7.70.